The second-order valence-corrected chi connectivity index (χ2v) is 3.19. The summed E-state index contributed by atoms with van der Waals surface area (Å²) >= 11 is -1.18. The third-order valence-electron chi connectivity index (χ3n) is 1.21. The number of hydrogen-bond acceptors (Lipinski definition) is 4. The molecule has 1 heterocycles. The predicted molar refractivity (Wildman–Crippen MR) is 37.5 cm³/mol. The van der Waals surface area contributed by atoms with Gasteiger partial charge in [0, 0.05) is 13.7 Å². The highest BCUT2D eigenvalue weighted by atomic mass is 32.2. The van der Waals surface area contributed by atoms with E-state index in [1.54, 1.807) is 0 Å². The normalized spacial score (nSPS) is 35.3. The van der Waals surface area contributed by atoms with Gasteiger partial charge in [-0.05, 0) is 6.42 Å². The smallest absolute Gasteiger partial charge is 0.230 e. The van der Waals surface area contributed by atoms with Crippen LogP contribution in [0, 0.1) is 0 Å². The third-order valence-corrected chi connectivity index (χ3v) is 2.22. The number of ether oxygens (including phenoxy) is 1. The molecule has 2 atom stereocenters. The minimum atomic E-state index is -1.18. The molecule has 0 amide bonds. The van der Waals surface area contributed by atoms with E-state index in [4.69, 9.17) is 8.92 Å². The molecule has 60 valence electrons. The van der Waals surface area contributed by atoms with E-state index in [-0.39, 0.29) is 0 Å². The number of methoxy groups -OCH3 is 1. The van der Waals surface area contributed by atoms with Gasteiger partial charge in [-0.3, -0.25) is 5.32 Å². The van der Waals surface area contributed by atoms with Gasteiger partial charge in [0.25, 0.3) is 0 Å². The van der Waals surface area contributed by atoms with E-state index in [0.717, 1.165) is 13.0 Å². The van der Waals surface area contributed by atoms with Crippen molar-refractivity contribution in [2.45, 2.75) is 12.8 Å². The van der Waals surface area contributed by atoms with Crippen LogP contribution in [0.1, 0.15) is 6.42 Å². The SMILES string of the molecule is COC1NCCCS(=O)O1. The Morgan fingerprint density at radius 1 is 1.80 bits per heavy atom. The van der Waals surface area contributed by atoms with Gasteiger partial charge in [-0.2, -0.15) is 0 Å². The first kappa shape index (κ1) is 8.13. The van der Waals surface area contributed by atoms with Crippen LogP contribution in [0.2, 0.25) is 0 Å². The van der Waals surface area contributed by atoms with Gasteiger partial charge in [-0.15, -0.1) is 0 Å². The Morgan fingerprint density at radius 2 is 2.60 bits per heavy atom. The summed E-state index contributed by atoms with van der Waals surface area (Å²) in [5.41, 5.74) is 0. The lowest BCUT2D eigenvalue weighted by molar-refractivity contribution is -0.0656. The highest BCUT2D eigenvalue weighted by Crippen LogP contribution is 2.00. The third kappa shape index (κ3) is 2.34. The number of nitrogens with one attached hydrogen (secondary N) is 1. The van der Waals surface area contributed by atoms with Crippen molar-refractivity contribution in [2.75, 3.05) is 19.4 Å². The van der Waals surface area contributed by atoms with E-state index in [1.165, 1.54) is 7.11 Å². The Balaban J connectivity index is 2.38. The zero-order valence-electron chi connectivity index (χ0n) is 5.83. The quantitative estimate of drug-likeness (QED) is 0.574. The number of rotatable bonds is 1. The van der Waals surface area contributed by atoms with Crippen molar-refractivity contribution in [1.82, 2.24) is 5.32 Å². The second-order valence-electron chi connectivity index (χ2n) is 1.98. The molecule has 0 bridgehead atoms. The minimum Gasteiger partial charge on any atom is -0.342 e. The summed E-state index contributed by atoms with van der Waals surface area (Å²) in [4.78, 5) is 0. The molecule has 1 N–H and O–H groups in total. The lowest BCUT2D eigenvalue weighted by Crippen LogP contribution is -2.32. The summed E-state index contributed by atoms with van der Waals surface area (Å²) in [7, 11) is 1.51. The molecule has 0 saturated carbocycles. The Hall–Kier alpha value is 0.0300. The molecule has 4 nitrogen and oxygen atoms in total. The van der Waals surface area contributed by atoms with Crippen LogP contribution in [0.4, 0.5) is 0 Å². The maximum absolute atomic E-state index is 10.8. The van der Waals surface area contributed by atoms with Crippen LogP contribution < -0.4 is 5.32 Å². The van der Waals surface area contributed by atoms with Crippen molar-refractivity contribution in [1.29, 1.82) is 0 Å². The van der Waals surface area contributed by atoms with Crippen molar-refractivity contribution in [3.8, 4) is 0 Å². The first-order valence-corrected chi connectivity index (χ1v) is 4.39. The maximum atomic E-state index is 10.8. The summed E-state index contributed by atoms with van der Waals surface area (Å²) in [5.74, 6) is 0.590. The molecule has 1 aliphatic rings. The van der Waals surface area contributed by atoms with E-state index in [0.29, 0.717) is 5.75 Å². The van der Waals surface area contributed by atoms with E-state index in [9.17, 15) is 4.21 Å². The molecule has 1 rings (SSSR count). The summed E-state index contributed by atoms with van der Waals surface area (Å²) < 4.78 is 20.5. The molecule has 1 fully saturated rings. The molecule has 0 spiro atoms. The molecule has 1 saturated heterocycles. The van der Waals surface area contributed by atoms with Crippen molar-refractivity contribution in [3.63, 3.8) is 0 Å². The fraction of sp³-hybridized carbons (Fsp3) is 1.00. The van der Waals surface area contributed by atoms with Crippen LogP contribution in [0.15, 0.2) is 0 Å². The minimum absolute atomic E-state index is 0.497. The summed E-state index contributed by atoms with van der Waals surface area (Å²) in [6.45, 7) is 0.796. The average molecular weight is 165 g/mol. The molecule has 0 radical (unpaired) electrons. The first-order chi connectivity index (χ1) is 4.83. The lowest BCUT2D eigenvalue weighted by Gasteiger charge is -2.11. The first-order valence-electron chi connectivity index (χ1n) is 3.14. The zero-order valence-corrected chi connectivity index (χ0v) is 6.65. The molecule has 10 heavy (non-hydrogen) atoms. The van der Waals surface area contributed by atoms with Crippen molar-refractivity contribution < 1.29 is 13.1 Å². The van der Waals surface area contributed by atoms with Crippen LogP contribution in [-0.4, -0.2) is 30.0 Å². The predicted octanol–water partition coefficient (Wildman–Crippen LogP) is -0.410. The topological polar surface area (TPSA) is 47.6 Å². The van der Waals surface area contributed by atoms with E-state index < -0.39 is 17.5 Å². The summed E-state index contributed by atoms with van der Waals surface area (Å²) in [6.07, 6.45) is 0.371. The lowest BCUT2D eigenvalue weighted by atomic mass is 10.5. The maximum Gasteiger partial charge on any atom is 0.230 e. The van der Waals surface area contributed by atoms with Crippen molar-refractivity contribution in [3.05, 3.63) is 0 Å². The van der Waals surface area contributed by atoms with Crippen LogP contribution in [0.3, 0.4) is 0 Å². The Kier molecular flexibility index (Phi) is 3.27. The van der Waals surface area contributed by atoms with E-state index in [2.05, 4.69) is 5.32 Å². The molecule has 5 heteroatoms. The summed E-state index contributed by atoms with van der Waals surface area (Å²) in [5, 5.41) is 2.92. The van der Waals surface area contributed by atoms with Gasteiger partial charge >= 0.3 is 0 Å². The second kappa shape index (κ2) is 4.02. The molecule has 0 aromatic rings. The highest BCUT2D eigenvalue weighted by molar-refractivity contribution is 7.80. The highest BCUT2D eigenvalue weighted by Gasteiger charge is 2.14. The van der Waals surface area contributed by atoms with Gasteiger partial charge < -0.3 is 4.74 Å². The van der Waals surface area contributed by atoms with Gasteiger partial charge in [0.15, 0.2) is 11.1 Å². The fourth-order valence-electron chi connectivity index (χ4n) is 0.712. The van der Waals surface area contributed by atoms with Gasteiger partial charge in [-0.25, -0.2) is 8.39 Å². The molecular weight excluding hydrogens is 154 g/mol. The van der Waals surface area contributed by atoms with E-state index in [1.807, 2.05) is 0 Å². The van der Waals surface area contributed by atoms with Gasteiger partial charge in [0.05, 0.1) is 5.75 Å². The molecule has 2 unspecified atom stereocenters. The fourth-order valence-corrected chi connectivity index (χ4v) is 1.53. The number of hydrogen-bond donors (Lipinski definition) is 1. The standard InChI is InChI=1S/C5H11NO3S/c1-8-5-6-3-2-4-10(7)9-5/h5-6H,2-4H2,1H3. The van der Waals surface area contributed by atoms with E-state index >= 15 is 0 Å². The molecule has 1 aliphatic heterocycles. The van der Waals surface area contributed by atoms with Crippen LogP contribution >= 0.6 is 0 Å². The Morgan fingerprint density at radius 3 is 3.30 bits per heavy atom. The van der Waals surface area contributed by atoms with Crippen molar-refractivity contribution >= 4 is 11.1 Å². The van der Waals surface area contributed by atoms with Crippen LogP contribution in [0.5, 0.6) is 0 Å². The van der Waals surface area contributed by atoms with Gasteiger partial charge in [0.1, 0.15) is 0 Å². The molecular formula is C5H11NO3S. The monoisotopic (exact) mass is 165 g/mol. The van der Waals surface area contributed by atoms with Crippen LogP contribution in [0.25, 0.3) is 0 Å². The molecule has 0 aromatic carbocycles. The Bertz CT molecular complexity index is 130. The largest absolute Gasteiger partial charge is 0.342 e. The van der Waals surface area contributed by atoms with Crippen LogP contribution in [-0.2, 0) is 20.0 Å². The van der Waals surface area contributed by atoms with Gasteiger partial charge in [-0.1, -0.05) is 0 Å². The van der Waals surface area contributed by atoms with Crippen molar-refractivity contribution in [2.24, 2.45) is 0 Å². The molecule has 0 aromatic heterocycles. The average Bonchev–Trinajstić information content (AvgIpc) is 2.13. The zero-order chi connectivity index (χ0) is 7.40. The summed E-state index contributed by atoms with van der Waals surface area (Å²) in [6, 6.07) is 0. The van der Waals surface area contributed by atoms with Gasteiger partial charge in [0.2, 0.25) is 6.41 Å². The Labute approximate surface area is 62.6 Å². The molecule has 0 aliphatic carbocycles.